The van der Waals surface area contributed by atoms with Gasteiger partial charge in [-0.05, 0) is 37.0 Å². The third kappa shape index (κ3) is 0.646. The molecule has 1 nitrogen and oxygen atoms in total. The zero-order valence-electron chi connectivity index (χ0n) is 6.75. The Hall–Kier alpha value is -0.330. The Kier molecular flexibility index (Phi) is 1.06. The SMILES string of the molecule is O=C1CC2CC1[C@H]1CCC[C@@H]21. The number of carbonyl (C=O) groups excluding carboxylic acids is 1. The maximum absolute atomic E-state index is 11.4. The van der Waals surface area contributed by atoms with Crippen LogP contribution in [0.4, 0.5) is 0 Å². The molecule has 0 spiro atoms. The van der Waals surface area contributed by atoms with Gasteiger partial charge in [0.15, 0.2) is 0 Å². The van der Waals surface area contributed by atoms with E-state index < -0.39 is 0 Å². The largest absolute Gasteiger partial charge is 0.299 e. The second-order valence-corrected chi connectivity index (χ2v) is 4.53. The molecule has 2 bridgehead atoms. The summed E-state index contributed by atoms with van der Waals surface area (Å²) in [6.45, 7) is 0. The molecule has 3 aliphatic rings. The van der Waals surface area contributed by atoms with Crippen molar-refractivity contribution in [1.29, 1.82) is 0 Å². The molecule has 0 radical (unpaired) electrons. The van der Waals surface area contributed by atoms with Crippen molar-refractivity contribution in [1.82, 2.24) is 0 Å². The summed E-state index contributed by atoms with van der Waals surface area (Å²) in [5.41, 5.74) is 0. The molecule has 0 aromatic carbocycles. The highest BCUT2D eigenvalue weighted by molar-refractivity contribution is 5.85. The average molecular weight is 150 g/mol. The number of fused-ring (bicyclic) bond motifs is 5. The molecule has 3 aliphatic carbocycles. The van der Waals surface area contributed by atoms with Crippen LogP contribution in [-0.2, 0) is 4.79 Å². The fourth-order valence-corrected chi connectivity index (χ4v) is 3.79. The van der Waals surface area contributed by atoms with E-state index in [9.17, 15) is 4.79 Å². The molecule has 0 aromatic heterocycles. The van der Waals surface area contributed by atoms with Crippen molar-refractivity contribution in [2.75, 3.05) is 0 Å². The van der Waals surface area contributed by atoms with Crippen molar-refractivity contribution < 1.29 is 4.79 Å². The zero-order chi connectivity index (χ0) is 7.42. The summed E-state index contributed by atoms with van der Waals surface area (Å²) < 4.78 is 0. The normalized spacial score (nSPS) is 53.6. The van der Waals surface area contributed by atoms with E-state index >= 15 is 0 Å². The summed E-state index contributed by atoms with van der Waals surface area (Å²) in [6, 6.07) is 0. The first-order chi connectivity index (χ1) is 5.36. The summed E-state index contributed by atoms with van der Waals surface area (Å²) in [5, 5.41) is 0. The van der Waals surface area contributed by atoms with Gasteiger partial charge in [0, 0.05) is 12.3 Å². The van der Waals surface area contributed by atoms with Crippen LogP contribution in [0.3, 0.4) is 0 Å². The van der Waals surface area contributed by atoms with Gasteiger partial charge in [0.1, 0.15) is 5.78 Å². The number of ketones is 1. The van der Waals surface area contributed by atoms with Crippen LogP contribution in [0.15, 0.2) is 0 Å². The lowest BCUT2D eigenvalue weighted by molar-refractivity contribution is -0.123. The van der Waals surface area contributed by atoms with Crippen LogP contribution >= 0.6 is 0 Å². The maximum atomic E-state index is 11.4. The van der Waals surface area contributed by atoms with Gasteiger partial charge in [-0.25, -0.2) is 0 Å². The van der Waals surface area contributed by atoms with E-state index in [0.717, 1.165) is 24.2 Å². The van der Waals surface area contributed by atoms with Crippen molar-refractivity contribution in [3.05, 3.63) is 0 Å². The fourth-order valence-electron chi connectivity index (χ4n) is 3.79. The summed E-state index contributed by atoms with van der Waals surface area (Å²) in [4.78, 5) is 11.4. The molecule has 3 saturated carbocycles. The first-order valence-electron chi connectivity index (χ1n) is 4.89. The Morgan fingerprint density at radius 2 is 2.00 bits per heavy atom. The molecule has 0 aromatic rings. The van der Waals surface area contributed by atoms with Crippen molar-refractivity contribution in [3.8, 4) is 0 Å². The molecule has 11 heavy (non-hydrogen) atoms. The molecule has 2 unspecified atom stereocenters. The Morgan fingerprint density at radius 3 is 2.91 bits per heavy atom. The van der Waals surface area contributed by atoms with E-state index in [4.69, 9.17) is 0 Å². The van der Waals surface area contributed by atoms with Crippen molar-refractivity contribution in [2.45, 2.75) is 32.1 Å². The third-order valence-electron chi connectivity index (χ3n) is 4.18. The monoisotopic (exact) mass is 150 g/mol. The first-order valence-corrected chi connectivity index (χ1v) is 4.89. The van der Waals surface area contributed by atoms with Gasteiger partial charge in [0.2, 0.25) is 0 Å². The van der Waals surface area contributed by atoms with E-state index in [1.807, 2.05) is 0 Å². The highest BCUT2D eigenvalue weighted by Crippen LogP contribution is 2.57. The van der Waals surface area contributed by atoms with Gasteiger partial charge in [-0.1, -0.05) is 6.42 Å². The van der Waals surface area contributed by atoms with Gasteiger partial charge in [-0.3, -0.25) is 4.79 Å². The van der Waals surface area contributed by atoms with Crippen molar-refractivity contribution in [2.24, 2.45) is 23.7 Å². The summed E-state index contributed by atoms with van der Waals surface area (Å²) in [6.07, 6.45) is 6.38. The molecular weight excluding hydrogens is 136 g/mol. The van der Waals surface area contributed by atoms with Crippen LogP contribution in [0.2, 0.25) is 0 Å². The Bertz CT molecular complexity index is 209. The van der Waals surface area contributed by atoms with Crippen LogP contribution in [0, 0.1) is 23.7 Å². The minimum absolute atomic E-state index is 0.521. The highest BCUT2D eigenvalue weighted by atomic mass is 16.1. The van der Waals surface area contributed by atoms with E-state index in [2.05, 4.69) is 0 Å². The van der Waals surface area contributed by atoms with Gasteiger partial charge >= 0.3 is 0 Å². The Labute approximate surface area is 67.2 Å². The van der Waals surface area contributed by atoms with Crippen LogP contribution in [-0.4, -0.2) is 5.78 Å². The quantitative estimate of drug-likeness (QED) is 0.516. The van der Waals surface area contributed by atoms with Gasteiger partial charge in [0.05, 0.1) is 0 Å². The number of hydrogen-bond donors (Lipinski definition) is 0. The number of rotatable bonds is 0. The van der Waals surface area contributed by atoms with E-state index in [0.29, 0.717) is 11.7 Å². The van der Waals surface area contributed by atoms with Gasteiger partial charge in [-0.15, -0.1) is 0 Å². The molecule has 0 heterocycles. The Balaban J connectivity index is 1.95. The van der Waals surface area contributed by atoms with Crippen LogP contribution in [0.5, 0.6) is 0 Å². The third-order valence-corrected chi connectivity index (χ3v) is 4.18. The van der Waals surface area contributed by atoms with Gasteiger partial charge in [-0.2, -0.15) is 0 Å². The predicted octanol–water partition coefficient (Wildman–Crippen LogP) is 2.01. The van der Waals surface area contributed by atoms with Gasteiger partial charge < -0.3 is 0 Å². The van der Waals surface area contributed by atoms with Gasteiger partial charge in [0.25, 0.3) is 0 Å². The van der Waals surface area contributed by atoms with Crippen LogP contribution < -0.4 is 0 Å². The number of Topliss-reactive ketones (excluding diaryl/α,β-unsaturated/α-hetero) is 1. The van der Waals surface area contributed by atoms with E-state index in [1.54, 1.807) is 0 Å². The summed E-state index contributed by atoms with van der Waals surface area (Å²) in [5.74, 6) is 3.74. The van der Waals surface area contributed by atoms with Crippen molar-refractivity contribution >= 4 is 5.78 Å². The van der Waals surface area contributed by atoms with E-state index in [-0.39, 0.29) is 0 Å². The summed E-state index contributed by atoms with van der Waals surface area (Å²) in [7, 11) is 0. The molecule has 0 saturated heterocycles. The summed E-state index contributed by atoms with van der Waals surface area (Å²) >= 11 is 0. The molecular formula is C10H14O. The molecule has 3 fully saturated rings. The second kappa shape index (κ2) is 1.88. The lowest BCUT2D eigenvalue weighted by Gasteiger charge is -2.22. The van der Waals surface area contributed by atoms with E-state index in [1.165, 1.54) is 25.7 Å². The molecule has 1 heteroatoms. The number of carbonyl (C=O) groups is 1. The molecule has 3 rings (SSSR count). The predicted molar refractivity (Wildman–Crippen MR) is 42.1 cm³/mol. The topological polar surface area (TPSA) is 17.1 Å². The molecule has 0 aliphatic heterocycles. The zero-order valence-corrected chi connectivity index (χ0v) is 6.75. The molecule has 4 atom stereocenters. The molecule has 0 amide bonds. The lowest BCUT2D eigenvalue weighted by atomic mass is 9.81. The smallest absolute Gasteiger partial charge is 0.136 e. The molecule has 60 valence electrons. The highest BCUT2D eigenvalue weighted by Gasteiger charge is 2.53. The standard InChI is InChI=1S/C10H14O/c11-10-5-6-4-9(10)8-3-1-2-7(6)8/h6-9H,1-5H2/t6?,7-,8-,9?/m0/s1. The minimum atomic E-state index is 0.521. The maximum Gasteiger partial charge on any atom is 0.136 e. The first kappa shape index (κ1) is 6.22. The van der Waals surface area contributed by atoms with Crippen LogP contribution in [0.25, 0.3) is 0 Å². The van der Waals surface area contributed by atoms with Crippen LogP contribution in [0.1, 0.15) is 32.1 Å². The fraction of sp³-hybridized carbons (Fsp3) is 0.900. The molecule has 0 N–H and O–H groups in total. The van der Waals surface area contributed by atoms with Crippen molar-refractivity contribution in [3.63, 3.8) is 0 Å². The average Bonchev–Trinajstić information content (AvgIpc) is 2.52. The second-order valence-electron chi connectivity index (χ2n) is 4.53. The number of hydrogen-bond acceptors (Lipinski definition) is 1. The Morgan fingerprint density at radius 1 is 1.18 bits per heavy atom. The minimum Gasteiger partial charge on any atom is -0.299 e. The lowest BCUT2D eigenvalue weighted by Crippen LogP contribution is -2.23.